The third-order valence-electron chi connectivity index (χ3n) is 6.79. The highest BCUT2D eigenvalue weighted by Gasteiger charge is 2.31. The van der Waals surface area contributed by atoms with Crippen LogP contribution in [0.15, 0.2) is 89.5 Å². The number of aromatic nitrogens is 2. The van der Waals surface area contributed by atoms with Crippen LogP contribution in [-0.2, 0) is 17.6 Å². The van der Waals surface area contributed by atoms with E-state index < -0.39 is 0 Å². The van der Waals surface area contributed by atoms with Crippen molar-refractivity contribution in [3.8, 4) is 0 Å². The van der Waals surface area contributed by atoms with E-state index in [2.05, 4.69) is 76.1 Å². The number of hydrogen-bond donors (Lipinski definition) is 1. The Bertz CT molecular complexity index is 1510. The van der Waals surface area contributed by atoms with Crippen LogP contribution in [0.3, 0.4) is 0 Å². The van der Waals surface area contributed by atoms with Gasteiger partial charge in [-0.3, -0.25) is 4.79 Å². The van der Waals surface area contributed by atoms with E-state index in [0.29, 0.717) is 24.6 Å². The Labute approximate surface area is 210 Å². The fraction of sp³-hybridized carbons (Fsp3) is 0.233. The van der Waals surface area contributed by atoms with Gasteiger partial charge in [-0.25, -0.2) is 0 Å². The maximum absolute atomic E-state index is 13.7. The Morgan fingerprint density at radius 1 is 0.861 bits per heavy atom. The zero-order valence-corrected chi connectivity index (χ0v) is 20.8. The fourth-order valence-electron chi connectivity index (χ4n) is 4.74. The van der Waals surface area contributed by atoms with Crippen LogP contribution in [0.5, 0.6) is 0 Å². The molecule has 6 heteroatoms. The largest absolute Gasteiger partial charge is 0.337 e. The first-order chi connectivity index (χ1) is 17.5. The van der Waals surface area contributed by atoms with Crippen LogP contribution < -0.4 is 5.32 Å². The van der Waals surface area contributed by atoms with Gasteiger partial charge in [0.2, 0.25) is 11.8 Å². The number of hydrogen-bond acceptors (Lipinski definition) is 5. The Morgan fingerprint density at radius 3 is 1.94 bits per heavy atom. The van der Waals surface area contributed by atoms with Gasteiger partial charge in [0.15, 0.2) is 5.82 Å². The second-order valence-corrected chi connectivity index (χ2v) is 9.26. The van der Waals surface area contributed by atoms with Crippen LogP contribution in [0.1, 0.15) is 28.9 Å². The molecule has 36 heavy (non-hydrogen) atoms. The van der Waals surface area contributed by atoms with Crippen molar-refractivity contribution in [1.29, 1.82) is 0 Å². The summed E-state index contributed by atoms with van der Waals surface area (Å²) in [5.41, 5.74) is 2.21. The molecule has 0 spiro atoms. The predicted octanol–water partition coefficient (Wildman–Crippen LogP) is 5.26. The Morgan fingerprint density at radius 2 is 1.42 bits per heavy atom. The van der Waals surface area contributed by atoms with Crippen LogP contribution >= 0.6 is 0 Å². The van der Waals surface area contributed by atoms with Gasteiger partial charge in [0.05, 0.1) is 6.04 Å². The molecule has 1 aromatic heterocycles. The van der Waals surface area contributed by atoms with Crippen molar-refractivity contribution in [2.45, 2.75) is 31.8 Å². The first-order valence-electron chi connectivity index (χ1n) is 12.2. The molecule has 0 bridgehead atoms. The SMILES string of the molecule is CNC(Cc1ccc2ccccc2c1)C(=O)N(C)C(Cc1ccc2ccccc2c1)c1nc(C)no1. The first-order valence-corrected chi connectivity index (χ1v) is 12.2. The minimum atomic E-state index is -0.390. The summed E-state index contributed by atoms with van der Waals surface area (Å²) in [5, 5.41) is 11.9. The van der Waals surface area contributed by atoms with Crippen LogP contribution in [0.4, 0.5) is 0 Å². The number of likely N-dealkylation sites (N-methyl/N-ethyl adjacent to an activating group) is 2. The summed E-state index contributed by atoms with van der Waals surface area (Å²) in [6.07, 6.45) is 1.15. The van der Waals surface area contributed by atoms with Gasteiger partial charge in [-0.2, -0.15) is 4.98 Å². The van der Waals surface area contributed by atoms with Gasteiger partial charge in [0.25, 0.3) is 0 Å². The van der Waals surface area contributed by atoms with E-state index in [4.69, 9.17) is 4.52 Å². The second kappa shape index (κ2) is 10.3. The second-order valence-electron chi connectivity index (χ2n) is 9.26. The summed E-state index contributed by atoms with van der Waals surface area (Å²) in [6.45, 7) is 1.79. The molecule has 0 fully saturated rings. The van der Waals surface area contributed by atoms with E-state index >= 15 is 0 Å². The third kappa shape index (κ3) is 4.99. The molecule has 5 aromatic rings. The highest BCUT2D eigenvalue weighted by Crippen LogP contribution is 2.26. The molecule has 0 saturated carbocycles. The lowest BCUT2D eigenvalue weighted by molar-refractivity contribution is -0.134. The van der Waals surface area contributed by atoms with Crippen molar-refractivity contribution in [2.24, 2.45) is 0 Å². The number of carbonyl (C=O) groups is 1. The quantitative estimate of drug-likeness (QED) is 0.330. The molecule has 0 aliphatic rings. The van der Waals surface area contributed by atoms with Gasteiger partial charge in [-0.1, -0.05) is 90.1 Å². The topological polar surface area (TPSA) is 71.3 Å². The lowest BCUT2D eigenvalue weighted by Crippen LogP contribution is -2.46. The Balaban J connectivity index is 1.40. The van der Waals surface area contributed by atoms with Crippen molar-refractivity contribution in [1.82, 2.24) is 20.4 Å². The van der Waals surface area contributed by atoms with E-state index in [0.717, 1.165) is 16.5 Å². The lowest BCUT2D eigenvalue weighted by Gasteiger charge is -2.29. The summed E-state index contributed by atoms with van der Waals surface area (Å²) in [4.78, 5) is 20.0. The number of nitrogens with one attached hydrogen (secondary N) is 1. The van der Waals surface area contributed by atoms with Crippen LogP contribution in [0.2, 0.25) is 0 Å². The molecule has 0 saturated heterocycles. The molecule has 0 aliphatic carbocycles. The maximum Gasteiger partial charge on any atom is 0.249 e. The summed E-state index contributed by atoms with van der Waals surface area (Å²) >= 11 is 0. The summed E-state index contributed by atoms with van der Waals surface area (Å²) in [5.74, 6) is 0.972. The van der Waals surface area contributed by atoms with Crippen molar-refractivity contribution in [2.75, 3.05) is 14.1 Å². The molecule has 0 radical (unpaired) electrons. The van der Waals surface area contributed by atoms with E-state index in [9.17, 15) is 4.79 Å². The first kappa shape index (κ1) is 23.7. The molecular formula is C30H30N4O2. The fourth-order valence-corrected chi connectivity index (χ4v) is 4.74. The average molecular weight is 479 g/mol. The summed E-state index contributed by atoms with van der Waals surface area (Å²) < 4.78 is 5.56. The molecule has 1 N–H and O–H groups in total. The maximum atomic E-state index is 13.7. The molecule has 2 atom stereocenters. The highest BCUT2D eigenvalue weighted by atomic mass is 16.5. The zero-order valence-electron chi connectivity index (χ0n) is 20.8. The number of amides is 1. The van der Waals surface area contributed by atoms with Gasteiger partial charge in [0.1, 0.15) is 6.04 Å². The molecular weight excluding hydrogens is 448 g/mol. The standard InChI is InChI=1S/C30H30N4O2/c1-20-32-29(36-33-20)28(19-22-13-15-24-9-5-7-11-26(24)17-22)34(3)30(35)27(31-2)18-21-12-14-23-8-4-6-10-25(23)16-21/h4-17,27-28,31H,18-19H2,1-3H3. The molecule has 5 rings (SSSR count). The molecule has 182 valence electrons. The van der Waals surface area contributed by atoms with Crippen LogP contribution in [0, 0.1) is 6.92 Å². The molecule has 4 aromatic carbocycles. The smallest absolute Gasteiger partial charge is 0.249 e. The molecule has 0 aliphatic heterocycles. The summed E-state index contributed by atoms with van der Waals surface area (Å²) in [7, 11) is 3.64. The average Bonchev–Trinajstić information content (AvgIpc) is 3.35. The monoisotopic (exact) mass is 478 g/mol. The van der Waals surface area contributed by atoms with Crippen molar-refractivity contribution >= 4 is 27.5 Å². The number of aryl methyl sites for hydroxylation is 1. The molecule has 1 heterocycles. The van der Waals surface area contributed by atoms with Gasteiger partial charge in [0, 0.05) is 13.5 Å². The lowest BCUT2D eigenvalue weighted by atomic mass is 9.98. The molecule has 2 unspecified atom stereocenters. The van der Waals surface area contributed by atoms with Crippen molar-refractivity contribution in [3.05, 3.63) is 108 Å². The zero-order chi connectivity index (χ0) is 25.1. The van der Waals surface area contributed by atoms with Crippen LogP contribution in [-0.4, -0.2) is 41.1 Å². The number of nitrogens with zero attached hydrogens (tertiary/aromatic N) is 3. The Kier molecular flexibility index (Phi) is 6.78. The Hall–Kier alpha value is -4.03. The van der Waals surface area contributed by atoms with E-state index in [1.54, 1.807) is 11.8 Å². The number of rotatable bonds is 8. The minimum absolute atomic E-state index is 0.0210. The number of carbonyl (C=O) groups excluding carboxylic acids is 1. The normalized spacial score (nSPS) is 13.1. The minimum Gasteiger partial charge on any atom is -0.337 e. The predicted molar refractivity (Wildman–Crippen MR) is 143 cm³/mol. The van der Waals surface area contributed by atoms with Crippen molar-refractivity contribution in [3.63, 3.8) is 0 Å². The van der Waals surface area contributed by atoms with Gasteiger partial charge in [-0.05, 0) is 53.1 Å². The van der Waals surface area contributed by atoms with Gasteiger partial charge >= 0.3 is 0 Å². The van der Waals surface area contributed by atoms with Crippen molar-refractivity contribution < 1.29 is 9.32 Å². The van der Waals surface area contributed by atoms with Crippen LogP contribution in [0.25, 0.3) is 21.5 Å². The van der Waals surface area contributed by atoms with E-state index in [1.165, 1.54) is 16.2 Å². The number of benzene rings is 4. The van der Waals surface area contributed by atoms with E-state index in [-0.39, 0.29) is 18.0 Å². The molecule has 6 nitrogen and oxygen atoms in total. The van der Waals surface area contributed by atoms with Gasteiger partial charge in [-0.15, -0.1) is 0 Å². The van der Waals surface area contributed by atoms with Gasteiger partial charge < -0.3 is 14.7 Å². The highest BCUT2D eigenvalue weighted by molar-refractivity contribution is 5.85. The summed E-state index contributed by atoms with van der Waals surface area (Å²) in [6, 6.07) is 28.5. The number of fused-ring (bicyclic) bond motifs is 2. The molecule has 1 amide bonds. The third-order valence-corrected chi connectivity index (χ3v) is 6.79. The van der Waals surface area contributed by atoms with E-state index in [1.807, 2.05) is 38.4 Å².